The van der Waals surface area contributed by atoms with Crippen molar-refractivity contribution in [2.75, 3.05) is 0 Å². The highest BCUT2D eigenvalue weighted by molar-refractivity contribution is 5.79. The number of aryl methyl sites for hydroxylation is 1. The van der Waals surface area contributed by atoms with Gasteiger partial charge >= 0.3 is 6.36 Å². The van der Waals surface area contributed by atoms with Gasteiger partial charge in [0.05, 0.1) is 5.69 Å². The molecule has 0 fully saturated rings. The first-order chi connectivity index (χ1) is 14.6. The second-order valence-electron chi connectivity index (χ2n) is 6.92. The van der Waals surface area contributed by atoms with Crippen LogP contribution in [0.4, 0.5) is 13.2 Å². The fourth-order valence-electron chi connectivity index (χ4n) is 2.90. The molecule has 0 saturated heterocycles. The molecule has 2 aromatic carbocycles. The van der Waals surface area contributed by atoms with Gasteiger partial charge in [-0.25, -0.2) is 4.68 Å². The van der Waals surface area contributed by atoms with E-state index in [1.165, 1.54) is 31.2 Å². The van der Waals surface area contributed by atoms with E-state index in [1.54, 1.807) is 6.07 Å². The number of halogens is 3. The number of hydrogen-bond acceptors (Lipinski definition) is 4. The molecule has 1 aromatic heterocycles. The summed E-state index contributed by atoms with van der Waals surface area (Å²) in [5.41, 5.74) is 2.04. The highest BCUT2D eigenvalue weighted by Crippen LogP contribution is 2.26. The number of nitrogens with zero attached hydrogens (tertiary/aromatic N) is 2. The van der Waals surface area contributed by atoms with Crippen LogP contribution in [0.25, 0.3) is 11.3 Å². The summed E-state index contributed by atoms with van der Waals surface area (Å²) in [4.78, 5) is 24.8. The molecule has 1 N–H and O–H groups in total. The number of hydrogen-bond donors (Lipinski definition) is 1. The van der Waals surface area contributed by atoms with Gasteiger partial charge in [-0.3, -0.25) is 9.59 Å². The number of aromatic nitrogens is 2. The number of nitrogens with one attached hydrogen (secondary N) is 1. The Morgan fingerprint density at radius 1 is 1.10 bits per heavy atom. The van der Waals surface area contributed by atoms with Crippen LogP contribution < -0.4 is 15.6 Å². The topological polar surface area (TPSA) is 73.2 Å². The maximum atomic E-state index is 12.6. The van der Waals surface area contributed by atoms with Crippen molar-refractivity contribution in [2.24, 2.45) is 0 Å². The molecule has 1 atom stereocenters. The van der Waals surface area contributed by atoms with E-state index in [0.717, 1.165) is 21.9 Å². The maximum Gasteiger partial charge on any atom is 0.573 e. The van der Waals surface area contributed by atoms with Crippen molar-refractivity contribution in [3.63, 3.8) is 0 Å². The number of ether oxygens (including phenoxy) is 1. The zero-order valence-corrected chi connectivity index (χ0v) is 16.8. The molecule has 0 spiro atoms. The van der Waals surface area contributed by atoms with Crippen molar-refractivity contribution in [2.45, 2.75) is 32.8 Å². The van der Waals surface area contributed by atoms with Crippen LogP contribution in [0.15, 0.2) is 65.5 Å². The Hall–Kier alpha value is -3.62. The highest BCUT2D eigenvalue weighted by atomic mass is 19.4. The van der Waals surface area contributed by atoms with Crippen LogP contribution in [-0.2, 0) is 11.3 Å². The van der Waals surface area contributed by atoms with E-state index < -0.39 is 29.6 Å². The van der Waals surface area contributed by atoms with Gasteiger partial charge in [0, 0.05) is 23.7 Å². The monoisotopic (exact) mass is 431 g/mol. The predicted octanol–water partition coefficient (Wildman–Crippen LogP) is 3.99. The van der Waals surface area contributed by atoms with E-state index >= 15 is 0 Å². The van der Waals surface area contributed by atoms with E-state index in [4.69, 9.17) is 0 Å². The molecule has 162 valence electrons. The Morgan fingerprint density at radius 2 is 1.77 bits per heavy atom. The van der Waals surface area contributed by atoms with Crippen LogP contribution >= 0.6 is 0 Å². The van der Waals surface area contributed by atoms with Crippen molar-refractivity contribution >= 4 is 5.91 Å². The van der Waals surface area contributed by atoms with Crippen molar-refractivity contribution < 1.29 is 22.7 Å². The standard InChI is InChI=1S/C22H20F3N3O3/c1-14-7-9-16(10-8-14)18-11-12-20(29)28(27-18)15(2)21(30)26-13-17-5-3-4-6-19(17)31-22(23,24)25/h3-12,15H,13H2,1-2H3,(H,26,30). The first-order valence-electron chi connectivity index (χ1n) is 9.42. The second kappa shape index (κ2) is 9.03. The van der Waals surface area contributed by atoms with Gasteiger partial charge in [0.2, 0.25) is 5.91 Å². The Bertz CT molecular complexity index is 1130. The van der Waals surface area contributed by atoms with Crippen LogP contribution in [0.1, 0.15) is 24.1 Å². The number of carbonyl (C=O) groups excluding carboxylic acids is 1. The quantitative estimate of drug-likeness (QED) is 0.641. The molecule has 3 aromatic rings. The van der Waals surface area contributed by atoms with Gasteiger partial charge < -0.3 is 10.1 Å². The number of benzene rings is 2. The van der Waals surface area contributed by atoms with E-state index in [-0.39, 0.29) is 12.1 Å². The summed E-state index contributed by atoms with van der Waals surface area (Å²) in [6.07, 6.45) is -4.85. The van der Waals surface area contributed by atoms with Gasteiger partial charge in [-0.1, -0.05) is 48.0 Å². The number of amides is 1. The lowest BCUT2D eigenvalue weighted by atomic mass is 10.1. The molecule has 0 radical (unpaired) electrons. The Labute approximate surface area is 176 Å². The van der Waals surface area contributed by atoms with Crippen molar-refractivity contribution in [1.82, 2.24) is 15.1 Å². The number of alkyl halides is 3. The Balaban J connectivity index is 1.76. The molecule has 31 heavy (non-hydrogen) atoms. The van der Waals surface area contributed by atoms with E-state index in [1.807, 2.05) is 31.2 Å². The highest BCUT2D eigenvalue weighted by Gasteiger charge is 2.32. The lowest BCUT2D eigenvalue weighted by Crippen LogP contribution is -2.36. The third-order valence-electron chi connectivity index (χ3n) is 4.57. The molecular weight excluding hydrogens is 411 g/mol. The van der Waals surface area contributed by atoms with Gasteiger partial charge in [0.25, 0.3) is 5.56 Å². The SMILES string of the molecule is Cc1ccc(-c2ccc(=O)n(C(C)C(=O)NCc3ccccc3OC(F)(F)F)n2)cc1. The molecule has 0 aliphatic rings. The smallest absolute Gasteiger partial charge is 0.405 e. The van der Waals surface area contributed by atoms with Crippen LogP contribution in [-0.4, -0.2) is 22.1 Å². The average molecular weight is 431 g/mol. The molecule has 0 aliphatic carbocycles. The minimum Gasteiger partial charge on any atom is -0.405 e. The molecule has 1 heterocycles. The summed E-state index contributed by atoms with van der Waals surface area (Å²) in [6.45, 7) is 3.23. The number of carbonyl (C=O) groups is 1. The first-order valence-corrected chi connectivity index (χ1v) is 9.42. The fraction of sp³-hybridized carbons (Fsp3) is 0.227. The van der Waals surface area contributed by atoms with E-state index in [9.17, 15) is 22.8 Å². The van der Waals surface area contributed by atoms with Gasteiger partial charge in [-0.15, -0.1) is 13.2 Å². The minimum atomic E-state index is -4.85. The molecule has 1 amide bonds. The van der Waals surface area contributed by atoms with Crippen LogP contribution in [0, 0.1) is 6.92 Å². The molecule has 6 nitrogen and oxygen atoms in total. The van der Waals surface area contributed by atoms with Gasteiger partial charge in [0.1, 0.15) is 11.8 Å². The van der Waals surface area contributed by atoms with Crippen molar-refractivity contribution in [3.8, 4) is 17.0 Å². The van der Waals surface area contributed by atoms with Crippen molar-refractivity contribution in [3.05, 3.63) is 82.1 Å². The number of rotatable bonds is 6. The molecule has 9 heteroatoms. The molecule has 0 aliphatic heterocycles. The molecule has 0 bridgehead atoms. The largest absolute Gasteiger partial charge is 0.573 e. The maximum absolute atomic E-state index is 12.6. The molecule has 3 rings (SSSR count). The molecule has 1 unspecified atom stereocenters. The summed E-state index contributed by atoms with van der Waals surface area (Å²) >= 11 is 0. The zero-order valence-electron chi connectivity index (χ0n) is 16.8. The summed E-state index contributed by atoms with van der Waals surface area (Å²) in [5, 5.41) is 6.82. The Morgan fingerprint density at radius 3 is 2.45 bits per heavy atom. The fourth-order valence-corrected chi connectivity index (χ4v) is 2.90. The van der Waals surface area contributed by atoms with E-state index in [2.05, 4.69) is 15.2 Å². The molecular formula is C22H20F3N3O3. The van der Waals surface area contributed by atoms with E-state index in [0.29, 0.717) is 5.69 Å². The lowest BCUT2D eigenvalue weighted by molar-refractivity contribution is -0.274. The lowest BCUT2D eigenvalue weighted by Gasteiger charge is -2.17. The third-order valence-corrected chi connectivity index (χ3v) is 4.57. The third kappa shape index (κ3) is 5.71. The first kappa shape index (κ1) is 22.1. The van der Waals surface area contributed by atoms with Gasteiger partial charge in [0.15, 0.2) is 0 Å². The molecule has 0 saturated carbocycles. The zero-order chi connectivity index (χ0) is 22.6. The van der Waals surface area contributed by atoms with Gasteiger partial charge in [-0.05, 0) is 26.0 Å². The van der Waals surface area contributed by atoms with Crippen LogP contribution in [0.2, 0.25) is 0 Å². The van der Waals surface area contributed by atoms with Crippen molar-refractivity contribution in [1.29, 1.82) is 0 Å². The average Bonchev–Trinajstić information content (AvgIpc) is 2.72. The Kier molecular flexibility index (Phi) is 6.43. The van der Waals surface area contributed by atoms with Crippen LogP contribution in [0.3, 0.4) is 0 Å². The summed E-state index contributed by atoms with van der Waals surface area (Å²) in [7, 11) is 0. The summed E-state index contributed by atoms with van der Waals surface area (Å²) in [6, 6.07) is 14.9. The number of para-hydroxylation sites is 1. The summed E-state index contributed by atoms with van der Waals surface area (Å²) < 4.78 is 42.7. The normalized spacial score (nSPS) is 12.3. The second-order valence-corrected chi connectivity index (χ2v) is 6.92. The van der Waals surface area contributed by atoms with Crippen LogP contribution in [0.5, 0.6) is 5.75 Å². The minimum absolute atomic E-state index is 0.147. The summed E-state index contributed by atoms with van der Waals surface area (Å²) in [5.74, 6) is -0.975. The van der Waals surface area contributed by atoms with Gasteiger partial charge in [-0.2, -0.15) is 5.10 Å². The predicted molar refractivity (Wildman–Crippen MR) is 108 cm³/mol.